The molecule has 1 N–H and O–H groups in total. The predicted octanol–water partition coefficient (Wildman–Crippen LogP) is 5.28. The molecule has 2 aromatic carbocycles. The van der Waals surface area contributed by atoms with E-state index in [1.54, 1.807) is 18.3 Å². The van der Waals surface area contributed by atoms with Gasteiger partial charge in [0.05, 0.1) is 11.5 Å². The molecule has 2 fully saturated rings. The van der Waals surface area contributed by atoms with Crippen LogP contribution >= 0.6 is 12.4 Å². The number of anilines is 1. The molecule has 196 valence electrons. The Balaban J connectivity index is 0.00000320. The van der Waals surface area contributed by atoms with E-state index in [0.29, 0.717) is 49.5 Å². The van der Waals surface area contributed by atoms with Crippen LogP contribution in [-0.2, 0) is 10.4 Å². The van der Waals surface area contributed by atoms with Crippen LogP contribution in [0.15, 0.2) is 66.9 Å². The summed E-state index contributed by atoms with van der Waals surface area (Å²) in [5.41, 5.74) is 0.854. The SMILES string of the molecule is CC1CN(C(=O)C2CCN(c3cc(-c4ccc(F)cc4F)ccn3)C2)CC(C)C1(O)c1ccccc1.Cl. The minimum atomic E-state index is -0.972. The fraction of sp³-hybridized carbons (Fsp3) is 0.379. The summed E-state index contributed by atoms with van der Waals surface area (Å²) in [6.07, 6.45) is 2.32. The summed E-state index contributed by atoms with van der Waals surface area (Å²) in [4.78, 5) is 21.9. The summed E-state index contributed by atoms with van der Waals surface area (Å²) in [7, 11) is 0. The van der Waals surface area contributed by atoms with E-state index in [0.717, 1.165) is 11.6 Å². The summed E-state index contributed by atoms with van der Waals surface area (Å²) in [6.45, 7) is 6.22. The maximum Gasteiger partial charge on any atom is 0.227 e. The summed E-state index contributed by atoms with van der Waals surface area (Å²) in [6, 6.07) is 16.7. The second-order valence-electron chi connectivity index (χ2n) is 10.2. The first kappa shape index (κ1) is 27.0. The van der Waals surface area contributed by atoms with E-state index in [4.69, 9.17) is 0 Å². The number of piperidine rings is 1. The number of amides is 1. The number of halogens is 3. The Morgan fingerprint density at radius 3 is 2.38 bits per heavy atom. The third kappa shape index (κ3) is 5.07. The van der Waals surface area contributed by atoms with Gasteiger partial charge in [-0.25, -0.2) is 13.8 Å². The minimum absolute atomic E-state index is 0. The molecule has 0 spiro atoms. The maximum atomic E-state index is 14.3. The zero-order chi connectivity index (χ0) is 25.4. The Labute approximate surface area is 222 Å². The Morgan fingerprint density at radius 2 is 1.70 bits per heavy atom. The van der Waals surface area contributed by atoms with Crippen molar-refractivity contribution in [2.24, 2.45) is 17.8 Å². The van der Waals surface area contributed by atoms with Gasteiger partial charge in [0.2, 0.25) is 5.91 Å². The Morgan fingerprint density at radius 1 is 1.00 bits per heavy atom. The number of rotatable bonds is 4. The number of hydrogen-bond donors (Lipinski definition) is 1. The smallest absolute Gasteiger partial charge is 0.227 e. The number of likely N-dealkylation sites (tertiary alicyclic amines) is 1. The highest BCUT2D eigenvalue weighted by Gasteiger charge is 2.47. The maximum absolute atomic E-state index is 14.3. The van der Waals surface area contributed by atoms with Crippen molar-refractivity contribution >= 4 is 24.1 Å². The van der Waals surface area contributed by atoms with Crippen molar-refractivity contribution in [2.45, 2.75) is 25.9 Å². The molecule has 0 bridgehead atoms. The van der Waals surface area contributed by atoms with Crippen LogP contribution in [0.4, 0.5) is 14.6 Å². The monoisotopic (exact) mass is 527 g/mol. The van der Waals surface area contributed by atoms with Crippen molar-refractivity contribution in [3.05, 3.63) is 84.1 Å². The number of aliphatic hydroxyl groups is 1. The Kier molecular flexibility index (Phi) is 7.85. The lowest BCUT2D eigenvalue weighted by Crippen LogP contribution is -2.56. The Bertz CT molecular complexity index is 1250. The third-order valence-corrected chi connectivity index (χ3v) is 7.89. The van der Waals surface area contributed by atoms with E-state index < -0.39 is 17.2 Å². The molecule has 0 radical (unpaired) electrons. The quantitative estimate of drug-likeness (QED) is 0.502. The van der Waals surface area contributed by atoms with Gasteiger partial charge in [-0.15, -0.1) is 12.4 Å². The molecule has 3 heterocycles. The van der Waals surface area contributed by atoms with E-state index in [1.807, 2.05) is 54.0 Å². The molecule has 0 aliphatic carbocycles. The number of hydrogen-bond acceptors (Lipinski definition) is 4. The van der Waals surface area contributed by atoms with Crippen LogP contribution < -0.4 is 4.90 Å². The molecule has 1 amide bonds. The number of benzene rings is 2. The first-order chi connectivity index (χ1) is 17.3. The van der Waals surface area contributed by atoms with Crippen LogP contribution in [0.1, 0.15) is 25.8 Å². The van der Waals surface area contributed by atoms with E-state index in [-0.39, 0.29) is 36.1 Å². The number of pyridine rings is 1. The van der Waals surface area contributed by atoms with Crippen molar-refractivity contribution in [1.29, 1.82) is 0 Å². The fourth-order valence-corrected chi connectivity index (χ4v) is 5.86. The van der Waals surface area contributed by atoms with Gasteiger partial charge in [-0.1, -0.05) is 44.2 Å². The van der Waals surface area contributed by atoms with Crippen molar-refractivity contribution in [2.75, 3.05) is 31.1 Å². The van der Waals surface area contributed by atoms with Crippen LogP contribution in [0.25, 0.3) is 11.1 Å². The second kappa shape index (κ2) is 10.8. The summed E-state index contributed by atoms with van der Waals surface area (Å²) >= 11 is 0. The zero-order valence-electron chi connectivity index (χ0n) is 21.0. The molecule has 8 heteroatoms. The van der Waals surface area contributed by atoms with Gasteiger partial charge in [0.1, 0.15) is 17.5 Å². The van der Waals surface area contributed by atoms with Crippen LogP contribution in [0.5, 0.6) is 0 Å². The number of carbonyl (C=O) groups is 1. The highest BCUT2D eigenvalue weighted by molar-refractivity contribution is 5.85. The van der Waals surface area contributed by atoms with Gasteiger partial charge in [0, 0.05) is 55.8 Å². The predicted molar refractivity (Wildman–Crippen MR) is 142 cm³/mol. The Hall–Kier alpha value is -3.03. The van der Waals surface area contributed by atoms with Gasteiger partial charge in [-0.05, 0) is 41.8 Å². The average molecular weight is 528 g/mol. The number of aromatic nitrogens is 1. The topological polar surface area (TPSA) is 56.7 Å². The highest BCUT2D eigenvalue weighted by atomic mass is 35.5. The second-order valence-corrected chi connectivity index (χ2v) is 10.2. The summed E-state index contributed by atoms with van der Waals surface area (Å²) in [5, 5.41) is 11.6. The molecular formula is C29H32ClF2N3O2. The molecule has 2 saturated heterocycles. The number of carbonyl (C=O) groups excluding carboxylic acids is 1. The minimum Gasteiger partial charge on any atom is -0.384 e. The number of nitrogens with zero attached hydrogens (tertiary/aromatic N) is 3. The highest BCUT2D eigenvalue weighted by Crippen LogP contribution is 2.42. The average Bonchev–Trinajstić information content (AvgIpc) is 3.37. The third-order valence-electron chi connectivity index (χ3n) is 7.89. The lowest BCUT2D eigenvalue weighted by Gasteiger charge is -2.48. The first-order valence-electron chi connectivity index (χ1n) is 12.5. The van der Waals surface area contributed by atoms with E-state index in [1.165, 1.54) is 12.1 Å². The van der Waals surface area contributed by atoms with Gasteiger partial charge < -0.3 is 14.9 Å². The molecule has 3 unspecified atom stereocenters. The first-order valence-corrected chi connectivity index (χ1v) is 12.5. The van der Waals surface area contributed by atoms with Crippen molar-refractivity contribution in [3.8, 4) is 11.1 Å². The standard InChI is InChI=1S/C29H31F2N3O2.ClH/c1-19-16-34(17-20(2)29(19,36)23-6-4-3-5-7-23)28(35)22-11-13-33(18-22)27-14-21(10-12-32-27)25-9-8-24(30)15-26(25)31;/h3-10,12,14-15,19-20,22,36H,11,13,16-18H2,1-2H3;1H. The molecule has 2 aliphatic rings. The van der Waals surface area contributed by atoms with Gasteiger partial charge >= 0.3 is 0 Å². The normalized spacial score (nSPS) is 25.6. The summed E-state index contributed by atoms with van der Waals surface area (Å²) < 4.78 is 27.6. The lowest BCUT2D eigenvalue weighted by molar-refractivity contribution is -0.152. The molecular weight excluding hydrogens is 496 g/mol. The fourth-order valence-electron chi connectivity index (χ4n) is 5.86. The summed E-state index contributed by atoms with van der Waals surface area (Å²) in [5.74, 6) is -0.832. The van der Waals surface area contributed by atoms with Gasteiger partial charge in [-0.2, -0.15) is 0 Å². The molecule has 0 saturated carbocycles. The van der Waals surface area contributed by atoms with E-state index in [9.17, 15) is 18.7 Å². The molecule has 5 rings (SSSR count). The molecule has 2 aliphatic heterocycles. The van der Waals surface area contributed by atoms with Gasteiger partial charge in [-0.3, -0.25) is 4.79 Å². The van der Waals surface area contributed by atoms with Crippen LogP contribution in [0.3, 0.4) is 0 Å². The van der Waals surface area contributed by atoms with E-state index >= 15 is 0 Å². The largest absolute Gasteiger partial charge is 0.384 e. The van der Waals surface area contributed by atoms with Crippen LogP contribution in [-0.4, -0.2) is 47.1 Å². The molecule has 3 atom stereocenters. The van der Waals surface area contributed by atoms with E-state index in [2.05, 4.69) is 4.98 Å². The van der Waals surface area contributed by atoms with Crippen LogP contribution in [0.2, 0.25) is 0 Å². The van der Waals surface area contributed by atoms with Crippen molar-refractivity contribution < 1.29 is 18.7 Å². The lowest BCUT2D eigenvalue weighted by atomic mass is 9.70. The van der Waals surface area contributed by atoms with Crippen LogP contribution in [0, 0.1) is 29.4 Å². The molecule has 37 heavy (non-hydrogen) atoms. The zero-order valence-corrected chi connectivity index (χ0v) is 21.8. The van der Waals surface area contributed by atoms with Crippen molar-refractivity contribution in [3.63, 3.8) is 0 Å². The molecule has 3 aromatic rings. The van der Waals surface area contributed by atoms with Gasteiger partial charge in [0.25, 0.3) is 0 Å². The van der Waals surface area contributed by atoms with Crippen molar-refractivity contribution in [1.82, 2.24) is 9.88 Å². The molecule has 5 nitrogen and oxygen atoms in total. The molecule has 1 aromatic heterocycles. The van der Waals surface area contributed by atoms with Gasteiger partial charge in [0.15, 0.2) is 0 Å².